The molecule has 2 aromatic carbocycles. The predicted molar refractivity (Wildman–Crippen MR) is 121 cm³/mol. The van der Waals surface area contributed by atoms with Crippen LogP contribution in [0.3, 0.4) is 0 Å². The fourth-order valence-electron chi connectivity index (χ4n) is 3.12. The maximum atomic E-state index is 12.5. The summed E-state index contributed by atoms with van der Waals surface area (Å²) in [5, 5.41) is 8.13. The molecular formula is C24H25N3O5. The summed E-state index contributed by atoms with van der Waals surface area (Å²) in [6, 6.07) is 12.0. The third-order valence-corrected chi connectivity index (χ3v) is 5.01. The second-order valence-corrected chi connectivity index (χ2v) is 7.52. The fourth-order valence-corrected chi connectivity index (χ4v) is 3.12. The van der Waals surface area contributed by atoms with Gasteiger partial charge in [0.15, 0.2) is 12.4 Å². The molecule has 0 saturated carbocycles. The van der Waals surface area contributed by atoms with Crippen molar-refractivity contribution >= 4 is 40.7 Å². The first kappa shape index (κ1) is 22.9. The molecule has 8 heteroatoms. The van der Waals surface area contributed by atoms with Crippen molar-refractivity contribution < 1.29 is 23.9 Å². The summed E-state index contributed by atoms with van der Waals surface area (Å²) in [6.45, 7) is 5.07. The monoisotopic (exact) mass is 435 g/mol. The Morgan fingerprint density at radius 3 is 2.47 bits per heavy atom. The number of benzene rings is 2. The molecule has 0 radical (unpaired) electrons. The Balaban J connectivity index is 1.65. The lowest BCUT2D eigenvalue weighted by atomic mass is 10.1. The van der Waals surface area contributed by atoms with E-state index in [0.29, 0.717) is 23.4 Å². The zero-order valence-corrected chi connectivity index (χ0v) is 18.3. The number of ether oxygens (including phenoxy) is 1. The van der Waals surface area contributed by atoms with Crippen LogP contribution in [0, 0.1) is 13.8 Å². The molecule has 0 spiro atoms. The average Bonchev–Trinajstić information content (AvgIpc) is 2.79. The van der Waals surface area contributed by atoms with Crippen LogP contribution in [-0.4, -0.2) is 35.9 Å². The highest BCUT2D eigenvalue weighted by Crippen LogP contribution is 2.25. The first-order valence-corrected chi connectivity index (χ1v) is 10.4. The molecule has 0 aromatic heterocycles. The summed E-state index contributed by atoms with van der Waals surface area (Å²) in [5.41, 5.74) is 3.47. The lowest BCUT2D eigenvalue weighted by Crippen LogP contribution is -2.35. The normalized spacial score (nSPS) is 13.4. The van der Waals surface area contributed by atoms with Crippen molar-refractivity contribution in [2.24, 2.45) is 5.10 Å². The molecule has 2 aromatic rings. The summed E-state index contributed by atoms with van der Waals surface area (Å²) in [7, 11) is 0. The molecule has 1 aliphatic heterocycles. The van der Waals surface area contributed by atoms with E-state index in [-0.39, 0.29) is 36.2 Å². The number of carbonyl (C=O) groups excluding carboxylic acids is 4. The number of nitrogens with zero attached hydrogens (tertiary/aromatic N) is 2. The fraction of sp³-hybridized carbons (Fsp3) is 0.292. The Morgan fingerprint density at radius 1 is 1.06 bits per heavy atom. The number of hydrogen-bond donors (Lipinski definition) is 1. The zero-order chi connectivity index (χ0) is 23.3. The SMILES string of the molecule is CCC(=O)Nc1ccc(C(=O)COC(=O)C2=NN(c3cc(C)ccc3C)C(=O)CC2)cc1. The number of carbonyl (C=O) groups is 4. The summed E-state index contributed by atoms with van der Waals surface area (Å²) in [6.07, 6.45) is 0.631. The molecule has 0 unspecified atom stereocenters. The second kappa shape index (κ2) is 10.00. The topological polar surface area (TPSA) is 105 Å². The van der Waals surface area contributed by atoms with Gasteiger partial charge in [0.2, 0.25) is 11.8 Å². The third kappa shape index (κ3) is 5.46. The van der Waals surface area contributed by atoms with E-state index in [0.717, 1.165) is 11.1 Å². The van der Waals surface area contributed by atoms with Gasteiger partial charge in [-0.25, -0.2) is 4.79 Å². The van der Waals surface area contributed by atoms with Gasteiger partial charge in [-0.2, -0.15) is 10.1 Å². The summed E-state index contributed by atoms with van der Waals surface area (Å²) in [4.78, 5) is 48.7. The Kier molecular flexibility index (Phi) is 7.14. The van der Waals surface area contributed by atoms with Crippen molar-refractivity contribution in [3.05, 3.63) is 59.2 Å². The molecule has 0 saturated heterocycles. The van der Waals surface area contributed by atoms with E-state index in [1.807, 2.05) is 32.0 Å². The molecular weight excluding hydrogens is 410 g/mol. The van der Waals surface area contributed by atoms with Crippen LogP contribution in [0.4, 0.5) is 11.4 Å². The number of Topliss-reactive ketones (excluding diaryl/α,β-unsaturated/α-hetero) is 1. The number of esters is 1. The van der Waals surface area contributed by atoms with Gasteiger partial charge in [-0.05, 0) is 55.3 Å². The van der Waals surface area contributed by atoms with Gasteiger partial charge in [-0.3, -0.25) is 14.4 Å². The maximum absolute atomic E-state index is 12.5. The standard InChI is InChI=1S/C24H25N3O5/c1-4-22(29)25-18-9-7-17(8-10-18)21(28)14-32-24(31)19-11-12-23(30)27(26-19)20-13-15(2)5-6-16(20)3/h5-10,13H,4,11-12,14H2,1-3H3,(H,25,29). The van der Waals surface area contributed by atoms with Crippen LogP contribution in [0.2, 0.25) is 0 Å². The quantitative estimate of drug-likeness (QED) is 0.529. The van der Waals surface area contributed by atoms with Crippen molar-refractivity contribution in [1.82, 2.24) is 0 Å². The minimum Gasteiger partial charge on any atom is -0.453 e. The minimum atomic E-state index is -0.729. The van der Waals surface area contributed by atoms with Crippen molar-refractivity contribution in [3.8, 4) is 0 Å². The van der Waals surface area contributed by atoms with Crippen LogP contribution in [-0.2, 0) is 19.1 Å². The van der Waals surface area contributed by atoms with Crippen molar-refractivity contribution in [1.29, 1.82) is 0 Å². The predicted octanol–water partition coefficient (Wildman–Crippen LogP) is 3.56. The molecule has 3 rings (SSSR count). The van der Waals surface area contributed by atoms with Gasteiger partial charge < -0.3 is 10.1 Å². The third-order valence-electron chi connectivity index (χ3n) is 5.01. The van der Waals surface area contributed by atoms with E-state index >= 15 is 0 Å². The molecule has 2 amide bonds. The number of anilines is 2. The minimum absolute atomic E-state index is 0.0935. The molecule has 0 fully saturated rings. The first-order chi connectivity index (χ1) is 15.3. The van der Waals surface area contributed by atoms with Crippen molar-refractivity contribution in [2.75, 3.05) is 16.9 Å². The van der Waals surface area contributed by atoms with E-state index in [4.69, 9.17) is 4.74 Å². The molecule has 0 bridgehead atoms. The molecule has 1 aliphatic rings. The summed E-state index contributed by atoms with van der Waals surface area (Å²) < 4.78 is 5.16. The smallest absolute Gasteiger partial charge is 0.354 e. The van der Waals surface area contributed by atoms with Gasteiger partial charge in [0.05, 0.1) is 5.69 Å². The largest absolute Gasteiger partial charge is 0.453 e. The number of hydrazone groups is 1. The number of aryl methyl sites for hydroxylation is 2. The summed E-state index contributed by atoms with van der Waals surface area (Å²) in [5.74, 6) is -1.44. The van der Waals surface area contributed by atoms with Crippen LogP contribution in [0.15, 0.2) is 47.6 Å². The zero-order valence-electron chi connectivity index (χ0n) is 18.3. The maximum Gasteiger partial charge on any atom is 0.354 e. The van der Waals surface area contributed by atoms with Crippen LogP contribution >= 0.6 is 0 Å². The van der Waals surface area contributed by atoms with Gasteiger partial charge in [-0.15, -0.1) is 0 Å². The number of hydrogen-bond acceptors (Lipinski definition) is 6. The van der Waals surface area contributed by atoms with Crippen LogP contribution in [0.25, 0.3) is 0 Å². The van der Waals surface area contributed by atoms with Crippen molar-refractivity contribution in [3.63, 3.8) is 0 Å². The van der Waals surface area contributed by atoms with E-state index in [2.05, 4.69) is 10.4 Å². The average molecular weight is 435 g/mol. The van der Waals surface area contributed by atoms with Crippen LogP contribution < -0.4 is 10.3 Å². The van der Waals surface area contributed by atoms with E-state index in [1.54, 1.807) is 31.2 Å². The second-order valence-electron chi connectivity index (χ2n) is 7.52. The van der Waals surface area contributed by atoms with Gasteiger partial charge in [-0.1, -0.05) is 19.1 Å². The summed E-state index contributed by atoms with van der Waals surface area (Å²) >= 11 is 0. The van der Waals surface area contributed by atoms with E-state index < -0.39 is 12.6 Å². The van der Waals surface area contributed by atoms with Crippen LogP contribution in [0.5, 0.6) is 0 Å². The molecule has 8 nitrogen and oxygen atoms in total. The number of nitrogens with one attached hydrogen (secondary N) is 1. The highest BCUT2D eigenvalue weighted by molar-refractivity contribution is 6.38. The van der Waals surface area contributed by atoms with E-state index in [1.165, 1.54) is 5.01 Å². The lowest BCUT2D eigenvalue weighted by molar-refractivity contribution is -0.134. The Labute approximate surface area is 186 Å². The Bertz CT molecular complexity index is 1090. The van der Waals surface area contributed by atoms with Crippen LogP contribution in [0.1, 0.15) is 47.7 Å². The molecule has 0 aliphatic carbocycles. The van der Waals surface area contributed by atoms with Gasteiger partial charge in [0.25, 0.3) is 0 Å². The van der Waals surface area contributed by atoms with Gasteiger partial charge in [0.1, 0.15) is 5.71 Å². The van der Waals surface area contributed by atoms with Crippen molar-refractivity contribution in [2.45, 2.75) is 40.0 Å². The Morgan fingerprint density at radius 2 is 1.78 bits per heavy atom. The molecule has 1 heterocycles. The molecule has 32 heavy (non-hydrogen) atoms. The molecule has 0 atom stereocenters. The molecule has 166 valence electrons. The molecule has 1 N–H and O–H groups in total. The highest BCUT2D eigenvalue weighted by atomic mass is 16.5. The van der Waals surface area contributed by atoms with Gasteiger partial charge >= 0.3 is 5.97 Å². The number of rotatable bonds is 7. The number of amides is 2. The first-order valence-electron chi connectivity index (χ1n) is 10.4. The lowest BCUT2D eigenvalue weighted by Gasteiger charge is -2.24. The Hall–Kier alpha value is -3.81. The highest BCUT2D eigenvalue weighted by Gasteiger charge is 2.27. The number of ketones is 1. The van der Waals surface area contributed by atoms with Gasteiger partial charge in [0, 0.05) is 30.5 Å². The van der Waals surface area contributed by atoms with E-state index in [9.17, 15) is 19.2 Å².